The van der Waals surface area contributed by atoms with Crippen LogP contribution in [0.5, 0.6) is 5.75 Å². The van der Waals surface area contributed by atoms with Gasteiger partial charge >= 0.3 is 12.1 Å². The average Bonchev–Trinajstić information content (AvgIpc) is 2.89. The summed E-state index contributed by atoms with van der Waals surface area (Å²) in [6, 6.07) is 6.83. The van der Waals surface area contributed by atoms with E-state index >= 15 is 0 Å². The molecule has 2 atom stereocenters. The molecule has 1 aliphatic heterocycles. The van der Waals surface area contributed by atoms with Gasteiger partial charge in [0.25, 0.3) is 0 Å². The van der Waals surface area contributed by atoms with E-state index in [0.29, 0.717) is 5.75 Å². The molecule has 26 heavy (non-hydrogen) atoms. The third-order valence-electron chi connectivity index (χ3n) is 4.18. The zero-order chi connectivity index (χ0) is 19.7. The first-order valence-electron chi connectivity index (χ1n) is 8.86. The van der Waals surface area contributed by atoms with Crippen molar-refractivity contribution < 1.29 is 24.2 Å². The molecule has 6 nitrogen and oxygen atoms in total. The highest BCUT2D eigenvalue weighted by Gasteiger charge is 2.42. The number of benzene rings is 1. The van der Waals surface area contributed by atoms with Crippen molar-refractivity contribution in [2.24, 2.45) is 0 Å². The van der Waals surface area contributed by atoms with E-state index in [1.807, 2.05) is 24.3 Å². The highest BCUT2D eigenvalue weighted by Crippen LogP contribution is 2.29. The number of amides is 1. The van der Waals surface area contributed by atoms with Gasteiger partial charge in [-0.25, -0.2) is 9.59 Å². The fraction of sp³-hybridized carbons (Fsp3) is 0.600. The summed E-state index contributed by atoms with van der Waals surface area (Å²) in [5, 5.41) is 9.46. The Labute approximate surface area is 155 Å². The van der Waals surface area contributed by atoms with Gasteiger partial charge in [-0.2, -0.15) is 0 Å². The van der Waals surface area contributed by atoms with Gasteiger partial charge in [-0.3, -0.25) is 4.90 Å². The predicted octanol–water partition coefficient (Wildman–Crippen LogP) is 3.83. The van der Waals surface area contributed by atoms with Gasteiger partial charge in [-0.05, 0) is 43.9 Å². The molecule has 1 aromatic carbocycles. The Morgan fingerprint density at radius 3 is 2.35 bits per heavy atom. The Morgan fingerprint density at radius 1 is 1.15 bits per heavy atom. The Hall–Kier alpha value is -2.24. The van der Waals surface area contributed by atoms with E-state index in [1.54, 1.807) is 20.8 Å². The van der Waals surface area contributed by atoms with Gasteiger partial charge in [0.15, 0.2) is 0 Å². The van der Waals surface area contributed by atoms with Crippen molar-refractivity contribution in [2.45, 2.75) is 71.1 Å². The summed E-state index contributed by atoms with van der Waals surface area (Å²) in [5.74, 6) is -0.372. The van der Waals surface area contributed by atoms with Crippen LogP contribution in [0.3, 0.4) is 0 Å². The minimum Gasteiger partial charge on any atom is -0.488 e. The van der Waals surface area contributed by atoms with E-state index in [9.17, 15) is 14.7 Å². The number of likely N-dealkylation sites (tertiary alicyclic amines) is 1. The number of rotatable bonds is 3. The lowest BCUT2D eigenvalue weighted by atomic mass is 9.87. The summed E-state index contributed by atoms with van der Waals surface area (Å²) in [6.45, 7) is 11.8. The number of carbonyl (C=O) groups excluding carboxylic acids is 1. The topological polar surface area (TPSA) is 76.1 Å². The minimum absolute atomic E-state index is 0.0127. The maximum atomic E-state index is 12.3. The van der Waals surface area contributed by atoms with Crippen LogP contribution < -0.4 is 4.74 Å². The monoisotopic (exact) mass is 363 g/mol. The van der Waals surface area contributed by atoms with Crippen LogP contribution in [-0.4, -0.2) is 46.4 Å². The highest BCUT2D eigenvalue weighted by atomic mass is 16.6. The average molecular weight is 363 g/mol. The third kappa shape index (κ3) is 5.13. The molecule has 1 saturated heterocycles. The van der Waals surface area contributed by atoms with Crippen LogP contribution >= 0.6 is 0 Å². The van der Waals surface area contributed by atoms with E-state index in [1.165, 1.54) is 4.90 Å². The second-order valence-electron chi connectivity index (χ2n) is 8.74. The number of aliphatic carboxylic acids is 1. The number of carboxylic acid groups (broad SMARTS) is 1. The van der Waals surface area contributed by atoms with Gasteiger partial charge in [0, 0.05) is 6.42 Å². The summed E-state index contributed by atoms with van der Waals surface area (Å²) < 4.78 is 11.3. The van der Waals surface area contributed by atoms with Crippen molar-refractivity contribution in [1.82, 2.24) is 4.90 Å². The highest BCUT2D eigenvalue weighted by molar-refractivity contribution is 5.81. The van der Waals surface area contributed by atoms with E-state index in [2.05, 4.69) is 20.8 Å². The summed E-state index contributed by atoms with van der Waals surface area (Å²) in [5.41, 5.74) is 0.438. The molecular weight excluding hydrogens is 334 g/mol. The van der Waals surface area contributed by atoms with Gasteiger partial charge in [-0.15, -0.1) is 0 Å². The van der Waals surface area contributed by atoms with Gasteiger partial charge in [0.2, 0.25) is 0 Å². The largest absolute Gasteiger partial charge is 0.488 e. The molecule has 0 bridgehead atoms. The third-order valence-corrected chi connectivity index (χ3v) is 4.18. The van der Waals surface area contributed by atoms with Crippen LogP contribution in [0.4, 0.5) is 4.79 Å². The Morgan fingerprint density at radius 2 is 1.81 bits per heavy atom. The standard InChI is InChI=1S/C20H29NO5/c1-19(2,3)13-8-7-9-14(10-13)25-15-11-16(17(22)23)21(12-15)18(24)26-20(4,5)6/h7-10,15-16H,11-12H2,1-6H3,(H,22,23)/t15-,16-/m0/s1. The zero-order valence-corrected chi connectivity index (χ0v) is 16.4. The fourth-order valence-corrected chi connectivity index (χ4v) is 2.87. The lowest BCUT2D eigenvalue weighted by Crippen LogP contribution is -2.43. The molecule has 0 saturated carbocycles. The van der Waals surface area contributed by atoms with E-state index in [4.69, 9.17) is 9.47 Å². The molecule has 1 aliphatic rings. The Balaban J connectivity index is 2.12. The lowest BCUT2D eigenvalue weighted by molar-refractivity contribution is -0.142. The van der Waals surface area contributed by atoms with E-state index < -0.39 is 23.7 Å². The molecule has 0 unspecified atom stereocenters. The summed E-state index contributed by atoms with van der Waals surface area (Å²) >= 11 is 0. The smallest absolute Gasteiger partial charge is 0.411 e. The Bertz CT molecular complexity index is 672. The van der Waals surface area contributed by atoms with Gasteiger partial charge in [-0.1, -0.05) is 32.9 Å². The minimum atomic E-state index is -1.05. The van der Waals surface area contributed by atoms with Crippen LogP contribution in [0, 0.1) is 0 Å². The maximum absolute atomic E-state index is 12.3. The molecule has 1 amide bonds. The van der Waals surface area contributed by atoms with Gasteiger partial charge < -0.3 is 14.6 Å². The first-order chi connectivity index (χ1) is 11.9. The number of carbonyl (C=O) groups is 2. The zero-order valence-electron chi connectivity index (χ0n) is 16.4. The fourth-order valence-electron chi connectivity index (χ4n) is 2.87. The predicted molar refractivity (Wildman–Crippen MR) is 98.5 cm³/mol. The molecule has 1 heterocycles. The molecule has 1 N–H and O–H groups in total. The molecule has 2 rings (SSSR count). The molecule has 144 valence electrons. The molecule has 6 heteroatoms. The molecule has 0 aromatic heterocycles. The van der Waals surface area contributed by atoms with Crippen LogP contribution in [0.25, 0.3) is 0 Å². The Kier molecular flexibility index (Phi) is 5.54. The van der Waals surface area contributed by atoms with Crippen LogP contribution in [-0.2, 0) is 14.9 Å². The van der Waals surface area contributed by atoms with Crippen molar-refractivity contribution in [1.29, 1.82) is 0 Å². The summed E-state index contributed by atoms with van der Waals surface area (Å²) in [6.07, 6.45) is -0.785. The van der Waals surface area contributed by atoms with Gasteiger partial charge in [0.1, 0.15) is 23.5 Å². The molecule has 0 spiro atoms. The van der Waals surface area contributed by atoms with E-state index in [-0.39, 0.29) is 24.5 Å². The number of hydrogen-bond acceptors (Lipinski definition) is 4. The van der Waals surface area contributed by atoms with Gasteiger partial charge in [0.05, 0.1) is 6.54 Å². The van der Waals surface area contributed by atoms with Crippen LogP contribution in [0.1, 0.15) is 53.5 Å². The summed E-state index contributed by atoms with van der Waals surface area (Å²) in [4.78, 5) is 25.1. The number of nitrogens with zero attached hydrogens (tertiary/aromatic N) is 1. The molecular formula is C20H29NO5. The first kappa shape index (κ1) is 20.1. The van der Waals surface area contributed by atoms with Crippen molar-refractivity contribution >= 4 is 12.1 Å². The maximum Gasteiger partial charge on any atom is 0.411 e. The number of hydrogen-bond donors (Lipinski definition) is 1. The lowest BCUT2D eigenvalue weighted by Gasteiger charge is -2.26. The van der Waals surface area contributed by atoms with Crippen molar-refractivity contribution in [3.8, 4) is 5.75 Å². The molecule has 0 aliphatic carbocycles. The first-order valence-corrected chi connectivity index (χ1v) is 8.86. The normalized spacial score (nSPS) is 20.8. The number of ether oxygens (including phenoxy) is 2. The van der Waals surface area contributed by atoms with Crippen molar-refractivity contribution in [3.05, 3.63) is 29.8 Å². The van der Waals surface area contributed by atoms with Crippen LogP contribution in [0.15, 0.2) is 24.3 Å². The molecule has 1 fully saturated rings. The van der Waals surface area contributed by atoms with Crippen molar-refractivity contribution in [3.63, 3.8) is 0 Å². The number of carboxylic acids is 1. The summed E-state index contributed by atoms with van der Waals surface area (Å²) in [7, 11) is 0. The molecule has 0 radical (unpaired) electrons. The van der Waals surface area contributed by atoms with E-state index in [0.717, 1.165) is 5.56 Å². The molecule has 1 aromatic rings. The SMILES string of the molecule is CC(C)(C)OC(=O)N1C[C@@H](Oc2cccc(C(C)(C)C)c2)C[C@H]1C(=O)O. The second kappa shape index (κ2) is 7.17. The second-order valence-corrected chi connectivity index (χ2v) is 8.74. The van der Waals surface area contributed by atoms with Crippen LogP contribution in [0.2, 0.25) is 0 Å². The van der Waals surface area contributed by atoms with Crippen molar-refractivity contribution in [2.75, 3.05) is 6.54 Å². The quantitative estimate of drug-likeness (QED) is 0.883.